The van der Waals surface area contributed by atoms with Crippen LogP contribution in [0.25, 0.3) is 0 Å². The fraction of sp³-hybridized carbons (Fsp3) is 0.125. The van der Waals surface area contributed by atoms with E-state index in [0.29, 0.717) is 10.6 Å². The summed E-state index contributed by atoms with van der Waals surface area (Å²) < 4.78 is 0. The van der Waals surface area contributed by atoms with Gasteiger partial charge in [-0.25, -0.2) is 0 Å². The molecule has 70 valence electrons. The molecular formula is C8H8ClNO2S. The molecule has 0 heterocycles. The second-order valence-electron chi connectivity index (χ2n) is 2.44. The average Bonchev–Trinajstić information content (AvgIpc) is 2.03. The molecule has 0 radical (unpaired) electrons. The maximum absolute atomic E-state index is 10.7. The summed E-state index contributed by atoms with van der Waals surface area (Å²) in [5, 5.41) is 11.9. The Morgan fingerprint density at radius 1 is 1.62 bits per heavy atom. The predicted molar refractivity (Wildman–Crippen MR) is 54.1 cm³/mol. The van der Waals surface area contributed by atoms with Crippen LogP contribution < -0.4 is 5.32 Å². The Bertz CT molecular complexity index is 330. The Hall–Kier alpha value is -0.870. The first-order chi connectivity index (χ1) is 6.13. The summed E-state index contributed by atoms with van der Waals surface area (Å²) in [7, 11) is 6.39. The second-order valence-corrected chi connectivity index (χ2v) is 3.50. The van der Waals surface area contributed by atoms with Crippen molar-refractivity contribution in [2.45, 2.75) is 11.8 Å². The highest BCUT2D eigenvalue weighted by atomic mass is 35.7. The molecule has 0 fully saturated rings. The SMILES string of the molecule is CC(=O)Nc1ccc(SCl)c(O)c1. The Morgan fingerprint density at radius 2 is 2.31 bits per heavy atom. The third kappa shape index (κ3) is 2.82. The molecule has 0 aliphatic heterocycles. The molecule has 0 saturated heterocycles. The van der Waals surface area contributed by atoms with E-state index in [4.69, 9.17) is 10.7 Å². The molecule has 1 aromatic rings. The number of phenolic OH excluding ortho intramolecular Hbond substituents is 1. The number of hydrogen-bond donors (Lipinski definition) is 2. The van der Waals surface area contributed by atoms with Gasteiger partial charge >= 0.3 is 0 Å². The van der Waals surface area contributed by atoms with Crippen molar-refractivity contribution in [3.63, 3.8) is 0 Å². The molecule has 0 saturated carbocycles. The highest BCUT2D eigenvalue weighted by Gasteiger charge is 2.02. The molecule has 0 aliphatic carbocycles. The van der Waals surface area contributed by atoms with Crippen LogP contribution in [0, 0.1) is 0 Å². The van der Waals surface area contributed by atoms with Gasteiger partial charge in [0.2, 0.25) is 5.91 Å². The third-order valence-electron chi connectivity index (χ3n) is 1.36. The number of anilines is 1. The molecule has 0 spiro atoms. The second kappa shape index (κ2) is 4.39. The molecule has 2 N–H and O–H groups in total. The van der Waals surface area contributed by atoms with Crippen molar-refractivity contribution in [2.24, 2.45) is 0 Å². The monoisotopic (exact) mass is 217 g/mol. The van der Waals surface area contributed by atoms with Gasteiger partial charge in [-0.15, -0.1) is 0 Å². The minimum absolute atomic E-state index is 0.0613. The summed E-state index contributed by atoms with van der Waals surface area (Å²) in [6.45, 7) is 1.40. The summed E-state index contributed by atoms with van der Waals surface area (Å²) in [5.41, 5.74) is 0.555. The number of phenols is 1. The number of rotatable bonds is 2. The number of hydrogen-bond acceptors (Lipinski definition) is 3. The molecule has 0 unspecified atom stereocenters. The van der Waals surface area contributed by atoms with E-state index < -0.39 is 0 Å². The zero-order valence-electron chi connectivity index (χ0n) is 6.87. The quantitative estimate of drug-likeness (QED) is 0.801. The fourth-order valence-corrected chi connectivity index (χ4v) is 1.51. The van der Waals surface area contributed by atoms with Crippen molar-refractivity contribution in [2.75, 3.05) is 5.32 Å². The Balaban J connectivity index is 2.89. The van der Waals surface area contributed by atoms with Crippen LogP contribution >= 0.6 is 21.7 Å². The normalized spacial score (nSPS) is 9.69. The van der Waals surface area contributed by atoms with Crippen LogP contribution in [0.4, 0.5) is 5.69 Å². The lowest BCUT2D eigenvalue weighted by Crippen LogP contribution is -2.05. The lowest BCUT2D eigenvalue weighted by molar-refractivity contribution is -0.114. The van der Waals surface area contributed by atoms with E-state index in [1.807, 2.05) is 0 Å². The molecule has 1 aromatic carbocycles. The molecule has 0 aromatic heterocycles. The molecule has 0 aliphatic rings. The van der Waals surface area contributed by atoms with Crippen LogP contribution in [0.15, 0.2) is 23.1 Å². The Kier molecular flexibility index (Phi) is 3.45. The van der Waals surface area contributed by atoms with Gasteiger partial charge in [0.15, 0.2) is 0 Å². The number of halogens is 1. The maximum atomic E-state index is 10.7. The van der Waals surface area contributed by atoms with Crippen LogP contribution in [0.5, 0.6) is 5.75 Å². The summed E-state index contributed by atoms with van der Waals surface area (Å²) >= 11 is 0. The van der Waals surface area contributed by atoms with Crippen molar-refractivity contribution in [1.82, 2.24) is 0 Å². The molecule has 1 amide bonds. The molecule has 13 heavy (non-hydrogen) atoms. The van der Waals surface area contributed by atoms with Crippen LogP contribution in [0.2, 0.25) is 0 Å². The molecule has 1 rings (SSSR count). The van der Waals surface area contributed by atoms with E-state index >= 15 is 0 Å². The van der Waals surface area contributed by atoms with Gasteiger partial charge in [-0.1, -0.05) is 0 Å². The van der Waals surface area contributed by atoms with E-state index in [-0.39, 0.29) is 11.7 Å². The number of amides is 1. The lowest BCUT2D eigenvalue weighted by Gasteiger charge is -2.04. The smallest absolute Gasteiger partial charge is 0.221 e. The van der Waals surface area contributed by atoms with Crippen LogP contribution in [0.3, 0.4) is 0 Å². The van der Waals surface area contributed by atoms with Gasteiger partial charge in [0.1, 0.15) is 5.75 Å². The van der Waals surface area contributed by atoms with Gasteiger partial charge < -0.3 is 10.4 Å². The van der Waals surface area contributed by atoms with Gasteiger partial charge in [0.25, 0.3) is 0 Å². The van der Waals surface area contributed by atoms with Crippen LogP contribution in [-0.2, 0) is 4.79 Å². The van der Waals surface area contributed by atoms with Crippen molar-refractivity contribution in [1.29, 1.82) is 0 Å². The fourth-order valence-electron chi connectivity index (χ4n) is 0.864. The van der Waals surface area contributed by atoms with Gasteiger partial charge in [-0.05, 0) is 33.8 Å². The van der Waals surface area contributed by atoms with Crippen molar-refractivity contribution < 1.29 is 9.90 Å². The maximum Gasteiger partial charge on any atom is 0.221 e. The van der Waals surface area contributed by atoms with Crippen molar-refractivity contribution in [3.8, 4) is 5.75 Å². The molecule has 0 atom stereocenters. The highest BCUT2D eigenvalue weighted by molar-refractivity contribution is 8.21. The summed E-state index contributed by atoms with van der Waals surface area (Å²) in [6, 6.07) is 4.76. The molecular weight excluding hydrogens is 210 g/mol. The van der Waals surface area contributed by atoms with Crippen LogP contribution in [-0.4, -0.2) is 11.0 Å². The zero-order chi connectivity index (χ0) is 9.84. The van der Waals surface area contributed by atoms with E-state index in [0.717, 1.165) is 11.0 Å². The number of carbonyl (C=O) groups excluding carboxylic acids is 1. The summed E-state index contributed by atoms with van der Waals surface area (Å²) in [5.74, 6) is -0.114. The topological polar surface area (TPSA) is 49.3 Å². The van der Waals surface area contributed by atoms with E-state index in [2.05, 4.69) is 5.32 Å². The highest BCUT2D eigenvalue weighted by Crippen LogP contribution is 2.32. The van der Waals surface area contributed by atoms with Gasteiger partial charge in [0.05, 0.1) is 4.90 Å². The standard InChI is InChI=1S/C8H8ClNO2S/c1-5(11)10-6-2-3-8(13-9)7(12)4-6/h2-4,12H,1H3,(H,10,11). The first kappa shape index (κ1) is 10.2. The largest absolute Gasteiger partial charge is 0.507 e. The number of nitrogens with one attached hydrogen (secondary N) is 1. The van der Waals surface area contributed by atoms with E-state index in [1.54, 1.807) is 12.1 Å². The molecule has 3 nitrogen and oxygen atoms in total. The van der Waals surface area contributed by atoms with Crippen molar-refractivity contribution in [3.05, 3.63) is 18.2 Å². The zero-order valence-corrected chi connectivity index (χ0v) is 8.45. The molecule has 0 bridgehead atoms. The summed E-state index contributed by atoms with van der Waals surface area (Å²) in [4.78, 5) is 11.2. The minimum Gasteiger partial charge on any atom is -0.507 e. The first-order valence-electron chi connectivity index (χ1n) is 3.52. The Labute approximate surface area is 84.6 Å². The Morgan fingerprint density at radius 3 is 2.77 bits per heavy atom. The van der Waals surface area contributed by atoms with E-state index in [9.17, 15) is 9.90 Å². The third-order valence-corrected chi connectivity index (χ3v) is 2.37. The lowest BCUT2D eigenvalue weighted by atomic mass is 10.3. The predicted octanol–water partition coefficient (Wildman–Crippen LogP) is 2.60. The van der Waals surface area contributed by atoms with E-state index in [1.165, 1.54) is 13.0 Å². The number of benzene rings is 1. The van der Waals surface area contributed by atoms with Crippen molar-refractivity contribution >= 4 is 33.3 Å². The molecule has 5 heteroatoms. The first-order valence-corrected chi connectivity index (χ1v) is 5.17. The van der Waals surface area contributed by atoms with Gasteiger partial charge in [-0.2, -0.15) is 0 Å². The van der Waals surface area contributed by atoms with Gasteiger partial charge in [-0.3, -0.25) is 4.79 Å². The number of carbonyl (C=O) groups is 1. The van der Waals surface area contributed by atoms with Crippen LogP contribution in [0.1, 0.15) is 6.92 Å². The van der Waals surface area contributed by atoms with Gasteiger partial charge in [0, 0.05) is 18.7 Å². The number of aromatic hydroxyl groups is 1. The summed E-state index contributed by atoms with van der Waals surface area (Å²) in [6.07, 6.45) is 0. The minimum atomic E-state index is -0.175. The average molecular weight is 218 g/mol.